The molecule has 0 bridgehead atoms. The van der Waals surface area contributed by atoms with Crippen molar-refractivity contribution in [3.05, 3.63) is 118 Å². The van der Waals surface area contributed by atoms with Crippen molar-refractivity contribution in [2.24, 2.45) is 17.8 Å². The highest BCUT2D eigenvalue weighted by Crippen LogP contribution is 2.38. The zero-order valence-corrected chi connectivity index (χ0v) is 41.3. The topological polar surface area (TPSA) is 158 Å². The van der Waals surface area contributed by atoms with E-state index in [0.717, 1.165) is 69.2 Å². The second-order valence-corrected chi connectivity index (χ2v) is 20.6. The van der Waals surface area contributed by atoms with Crippen LogP contribution in [-0.4, -0.2) is 117 Å². The summed E-state index contributed by atoms with van der Waals surface area (Å²) in [5.41, 5.74) is 4.18. The lowest BCUT2D eigenvalue weighted by molar-refractivity contribution is -0.129. The molecule has 2 N–H and O–H groups in total. The summed E-state index contributed by atoms with van der Waals surface area (Å²) in [6, 6.07) is 1.58. The Hall–Kier alpha value is -5.53. The quantitative estimate of drug-likeness (QED) is 0.106. The van der Waals surface area contributed by atoms with E-state index >= 15 is 0 Å². The lowest BCUT2D eigenvalue weighted by Crippen LogP contribution is -2.45. The minimum atomic E-state index is -0.144. The van der Waals surface area contributed by atoms with Gasteiger partial charge in [0.05, 0.1) is 43.3 Å². The van der Waals surface area contributed by atoms with E-state index in [2.05, 4.69) is 72.2 Å². The predicted molar refractivity (Wildman–Crippen MR) is 270 cm³/mol. The highest BCUT2D eigenvalue weighted by atomic mass is 127. The molecule has 4 aromatic heterocycles. The number of allylic oxidation sites excluding steroid dienone is 2. The summed E-state index contributed by atoms with van der Waals surface area (Å²) in [5, 5.41) is 16.8. The Balaban J connectivity index is 0.891. The third-order valence-corrected chi connectivity index (χ3v) is 15.6. The summed E-state index contributed by atoms with van der Waals surface area (Å²) < 4.78 is 4.10. The number of carbonyl (C=O) groups is 2. The van der Waals surface area contributed by atoms with E-state index in [4.69, 9.17) is 43.3 Å². The molecular weight excluding hydrogens is 1000 g/mol. The summed E-state index contributed by atoms with van der Waals surface area (Å²) in [6.45, 7) is 6.39. The van der Waals surface area contributed by atoms with Gasteiger partial charge < -0.3 is 30.2 Å². The molecule has 2 fully saturated rings. The van der Waals surface area contributed by atoms with Crippen molar-refractivity contribution in [2.75, 3.05) is 60.7 Å². The van der Waals surface area contributed by atoms with Gasteiger partial charge in [0.1, 0.15) is 10.0 Å². The Morgan fingerprint density at radius 3 is 1.96 bits per heavy atom. The number of hydrogen-bond donors (Lipinski definition) is 2. The first-order valence-electron chi connectivity index (χ1n) is 23.0. The second-order valence-electron chi connectivity index (χ2n) is 18.1. The number of anilines is 4. The maximum absolute atomic E-state index is 13.9. The smallest absolute Gasteiger partial charge is 0.251 e. The Kier molecular flexibility index (Phi) is 13.0. The van der Waals surface area contributed by atoms with Gasteiger partial charge in [-0.1, -0.05) is 95.6 Å². The zero-order chi connectivity index (χ0) is 46.3. The van der Waals surface area contributed by atoms with Gasteiger partial charge in [0.2, 0.25) is 11.9 Å². The number of halogens is 3. The van der Waals surface area contributed by atoms with Crippen LogP contribution in [0.5, 0.6) is 0 Å². The molecule has 4 aliphatic heterocycles. The van der Waals surface area contributed by atoms with Gasteiger partial charge in [0.25, 0.3) is 11.8 Å². The summed E-state index contributed by atoms with van der Waals surface area (Å²) >= 11 is 16.4. The highest BCUT2D eigenvalue weighted by Gasteiger charge is 2.36. The molecule has 4 atom stereocenters. The predicted octanol–water partition coefficient (Wildman–Crippen LogP) is 7.56. The van der Waals surface area contributed by atoms with Gasteiger partial charge >= 0.3 is 0 Å². The monoisotopic (exact) mass is 1050 g/mol. The number of hydrogen-bond acceptors (Lipinski definition) is 12. The van der Waals surface area contributed by atoms with Crippen molar-refractivity contribution in [3.8, 4) is 11.3 Å². The molecular formula is C48H53Cl2IN14O2. The van der Waals surface area contributed by atoms with Gasteiger partial charge in [-0.15, -0.1) is 0 Å². The summed E-state index contributed by atoms with van der Waals surface area (Å²) in [6.07, 6.45) is 30.7. The van der Waals surface area contributed by atoms with Crippen molar-refractivity contribution >= 4 is 81.1 Å². The van der Waals surface area contributed by atoms with E-state index in [0.29, 0.717) is 66.5 Å². The number of amides is 2. The van der Waals surface area contributed by atoms with E-state index in [1.54, 1.807) is 37.8 Å². The van der Waals surface area contributed by atoms with Crippen LogP contribution < -0.4 is 20.4 Å². The molecule has 4 unspecified atom stereocenters. The van der Waals surface area contributed by atoms with Crippen LogP contribution in [0.15, 0.2) is 108 Å². The van der Waals surface area contributed by atoms with Crippen LogP contribution in [0.3, 0.4) is 0 Å². The Morgan fingerprint density at radius 1 is 0.731 bits per heavy atom. The zero-order valence-electron chi connectivity index (χ0n) is 37.6. The number of rotatable bonds is 12. The number of nitrogens with zero attached hydrogens (tertiary/aromatic N) is 12. The average Bonchev–Trinajstić information content (AvgIpc) is 4.04. The third kappa shape index (κ3) is 9.51. The van der Waals surface area contributed by atoms with Crippen molar-refractivity contribution in [2.45, 2.75) is 68.1 Å². The molecule has 0 aromatic carbocycles. The summed E-state index contributed by atoms with van der Waals surface area (Å²) in [4.78, 5) is 54.6. The first-order valence-corrected chi connectivity index (χ1v) is 25.0. The molecule has 0 radical (unpaired) electrons. The highest BCUT2D eigenvalue weighted by molar-refractivity contribution is 14.1. The summed E-state index contributed by atoms with van der Waals surface area (Å²) in [5.74, 6) is 2.77. The lowest BCUT2D eigenvalue weighted by Gasteiger charge is -2.37. The van der Waals surface area contributed by atoms with Gasteiger partial charge in [-0.05, 0) is 49.8 Å². The van der Waals surface area contributed by atoms with E-state index in [9.17, 15) is 9.59 Å². The molecule has 2 aliphatic carbocycles. The molecule has 2 saturated heterocycles. The van der Waals surface area contributed by atoms with E-state index < -0.39 is 0 Å². The number of aromatic nitrogens is 8. The van der Waals surface area contributed by atoms with E-state index in [-0.39, 0.29) is 42.3 Å². The van der Waals surface area contributed by atoms with Crippen LogP contribution in [-0.2, 0) is 22.7 Å². The number of nitrogens with one attached hydrogen (secondary N) is 2. The normalized spacial score (nSPS) is 23.4. The average molecular weight is 1060 g/mol. The number of piperidine rings is 2. The number of fused-ring (bicyclic) bond motifs is 2. The largest absolute Gasteiger partial charge is 0.341 e. The Labute approximate surface area is 413 Å². The van der Waals surface area contributed by atoms with E-state index in [1.807, 2.05) is 69.0 Å². The van der Waals surface area contributed by atoms with E-state index in [1.165, 1.54) is 6.42 Å². The van der Waals surface area contributed by atoms with Gasteiger partial charge in [-0.25, -0.2) is 9.97 Å². The van der Waals surface area contributed by atoms with Crippen LogP contribution >= 0.6 is 45.8 Å². The van der Waals surface area contributed by atoms with Gasteiger partial charge in [-0.3, -0.25) is 19.0 Å². The summed E-state index contributed by atoms with van der Waals surface area (Å²) in [7, 11) is 3.68. The minimum absolute atomic E-state index is 0.0168. The molecule has 348 valence electrons. The molecule has 8 heterocycles. The second kappa shape index (κ2) is 19.2. The van der Waals surface area contributed by atoms with Crippen molar-refractivity contribution in [1.29, 1.82) is 0 Å². The van der Waals surface area contributed by atoms with Gasteiger partial charge in [0, 0.05) is 103 Å². The van der Waals surface area contributed by atoms with Crippen LogP contribution in [0, 0.1) is 17.8 Å². The molecule has 10 rings (SSSR count). The molecule has 0 spiro atoms. The maximum Gasteiger partial charge on any atom is 0.251 e. The molecule has 4 aromatic rings. The maximum atomic E-state index is 13.9. The van der Waals surface area contributed by atoms with Crippen LogP contribution in [0.2, 0.25) is 10.0 Å². The molecule has 0 saturated carbocycles. The Bertz CT molecular complexity index is 2730. The molecule has 16 nitrogen and oxygen atoms in total. The van der Waals surface area contributed by atoms with Crippen LogP contribution in [0.1, 0.15) is 39.0 Å². The van der Waals surface area contributed by atoms with Crippen LogP contribution in [0.25, 0.3) is 11.3 Å². The van der Waals surface area contributed by atoms with Crippen molar-refractivity contribution < 1.29 is 9.59 Å². The Morgan fingerprint density at radius 2 is 1.33 bits per heavy atom. The fraction of sp³-hybridized carbons (Fsp3) is 0.417. The minimum Gasteiger partial charge on any atom is -0.341 e. The fourth-order valence-corrected chi connectivity index (χ4v) is 10.8. The SMILES string of the molecule is CCC1CCN(c2ncc(Cl)c(NC3=CC4C=C(Cn5cc(-c6nc(N7CCC(I)CC7)nc(NC7=CC8C=C(Cn9cccn9)C(=O)N(C)C8C=C7)c6Cl)cn5)C(=O)N(C)C4C=C3)n2)CC1. The van der Waals surface area contributed by atoms with Gasteiger partial charge in [-0.2, -0.15) is 20.2 Å². The molecule has 6 aliphatic rings. The number of alkyl halides is 1. The van der Waals surface area contributed by atoms with Crippen LogP contribution in [0.4, 0.5) is 23.5 Å². The number of carbonyl (C=O) groups excluding carboxylic acids is 2. The fourth-order valence-electron chi connectivity index (χ4n) is 9.82. The third-order valence-electron chi connectivity index (χ3n) is 13.8. The number of likely N-dealkylation sites (N-methyl/N-ethyl adjacent to an activating group) is 2. The standard InChI is InChI=1S/C48H53Cl2IN14O2/c1-4-29-10-16-62(17-11-29)47-52-25-38(49)43(58-47)55-36-6-8-39-31(22-36)21-33(46(67)61(39)3)27-65-28-34(24-54-65)42-41(50)44(59-48(57-42)63-18-12-35(51)13-19-63)56-37-7-9-40-30(23-37)20-32(45(66)60(40)2)26-64-15-5-14-53-64/h5-9,14-15,20-25,28-31,35,39-40H,4,10-13,16-19,26-27H2,1-3H3,(H,52,55,58)(H,56,57,59). The molecule has 67 heavy (non-hydrogen) atoms. The first kappa shape index (κ1) is 45.3. The van der Waals surface area contributed by atoms with Crippen molar-refractivity contribution in [1.82, 2.24) is 49.3 Å². The molecule has 2 amide bonds. The van der Waals surface area contributed by atoms with Gasteiger partial charge in [0.15, 0.2) is 11.6 Å². The molecule has 19 heteroatoms. The first-order chi connectivity index (χ1) is 32.5. The van der Waals surface area contributed by atoms with Crippen molar-refractivity contribution in [3.63, 3.8) is 0 Å². The lowest BCUT2D eigenvalue weighted by atomic mass is 9.87.